The van der Waals surface area contributed by atoms with Crippen LogP contribution in [0.4, 0.5) is 4.39 Å². The topological polar surface area (TPSA) is 75.0 Å². The van der Waals surface area contributed by atoms with Gasteiger partial charge in [-0.1, -0.05) is 29.8 Å². The Kier molecular flexibility index (Phi) is 6.58. The van der Waals surface area contributed by atoms with E-state index in [1.165, 1.54) is 29.5 Å². The van der Waals surface area contributed by atoms with Gasteiger partial charge in [0.1, 0.15) is 29.2 Å². The standard InChI is InChI=1S/C20H15ClFN3O2S/c21-13-5-7-15(8-6-13)27-11-20-24-14(12-28-20)9-19(26)25-18(10-23)16-3-1-2-4-17(16)22/h1-8,12,18H,9,11H2,(H,25,26). The van der Waals surface area contributed by atoms with Gasteiger partial charge in [0.2, 0.25) is 5.91 Å². The summed E-state index contributed by atoms with van der Waals surface area (Å²) in [6.45, 7) is 0.268. The number of thiazole rings is 1. The van der Waals surface area contributed by atoms with E-state index >= 15 is 0 Å². The zero-order valence-corrected chi connectivity index (χ0v) is 16.1. The number of amides is 1. The van der Waals surface area contributed by atoms with Gasteiger partial charge in [-0.3, -0.25) is 4.79 Å². The molecule has 8 heteroatoms. The lowest BCUT2D eigenvalue weighted by atomic mass is 10.1. The summed E-state index contributed by atoms with van der Waals surface area (Å²) >= 11 is 7.20. The number of carbonyl (C=O) groups excluding carboxylic acids is 1. The molecule has 0 saturated carbocycles. The van der Waals surface area contributed by atoms with Crippen molar-refractivity contribution in [1.82, 2.24) is 10.3 Å². The number of nitriles is 1. The molecule has 0 spiro atoms. The number of halogens is 2. The van der Waals surface area contributed by atoms with Crippen molar-refractivity contribution in [2.45, 2.75) is 19.1 Å². The van der Waals surface area contributed by atoms with Gasteiger partial charge in [-0.05, 0) is 30.3 Å². The molecular weight excluding hydrogens is 401 g/mol. The van der Waals surface area contributed by atoms with E-state index in [0.717, 1.165) is 0 Å². The summed E-state index contributed by atoms with van der Waals surface area (Å²) in [5, 5.41) is 14.9. The van der Waals surface area contributed by atoms with Crippen LogP contribution >= 0.6 is 22.9 Å². The molecule has 142 valence electrons. The monoisotopic (exact) mass is 415 g/mol. The van der Waals surface area contributed by atoms with Gasteiger partial charge in [0.15, 0.2) is 0 Å². The van der Waals surface area contributed by atoms with Gasteiger partial charge in [-0.25, -0.2) is 9.37 Å². The summed E-state index contributed by atoms with van der Waals surface area (Å²) in [6.07, 6.45) is -0.00984. The van der Waals surface area contributed by atoms with Crippen LogP contribution in [0.3, 0.4) is 0 Å². The molecule has 1 heterocycles. The Morgan fingerprint density at radius 1 is 1.29 bits per heavy atom. The number of benzene rings is 2. The summed E-state index contributed by atoms with van der Waals surface area (Å²) in [5.41, 5.74) is 0.691. The van der Waals surface area contributed by atoms with E-state index in [1.54, 1.807) is 35.7 Å². The lowest BCUT2D eigenvalue weighted by Gasteiger charge is -2.12. The third kappa shape index (κ3) is 5.28. The number of rotatable bonds is 7. The van der Waals surface area contributed by atoms with E-state index in [4.69, 9.17) is 16.3 Å². The molecule has 28 heavy (non-hydrogen) atoms. The largest absolute Gasteiger partial charge is 0.486 e. The highest BCUT2D eigenvalue weighted by Crippen LogP contribution is 2.19. The van der Waals surface area contributed by atoms with Gasteiger partial charge in [-0.15, -0.1) is 11.3 Å². The molecule has 5 nitrogen and oxygen atoms in total. The minimum atomic E-state index is -1.06. The van der Waals surface area contributed by atoms with Gasteiger partial charge in [0, 0.05) is 16.0 Å². The van der Waals surface area contributed by atoms with Crippen LogP contribution in [0.25, 0.3) is 0 Å². The Labute approximate surface area is 170 Å². The van der Waals surface area contributed by atoms with Crippen molar-refractivity contribution < 1.29 is 13.9 Å². The molecule has 0 aliphatic carbocycles. The van der Waals surface area contributed by atoms with E-state index < -0.39 is 17.8 Å². The number of hydrogen-bond acceptors (Lipinski definition) is 5. The van der Waals surface area contributed by atoms with E-state index in [9.17, 15) is 14.4 Å². The highest BCUT2D eigenvalue weighted by atomic mass is 35.5. The molecule has 1 unspecified atom stereocenters. The fourth-order valence-corrected chi connectivity index (χ4v) is 3.27. The number of nitrogens with zero attached hydrogens (tertiary/aromatic N) is 2. The van der Waals surface area contributed by atoms with Crippen molar-refractivity contribution in [2.75, 3.05) is 0 Å². The first-order chi connectivity index (χ1) is 13.5. The minimum absolute atomic E-state index is 0.00984. The Bertz CT molecular complexity index is 1000. The molecule has 0 saturated heterocycles. The Morgan fingerprint density at radius 2 is 2.04 bits per heavy atom. The molecule has 1 N–H and O–H groups in total. The van der Waals surface area contributed by atoms with E-state index in [2.05, 4.69) is 10.3 Å². The fourth-order valence-electron chi connectivity index (χ4n) is 2.44. The highest BCUT2D eigenvalue weighted by molar-refractivity contribution is 7.09. The number of nitrogens with one attached hydrogen (secondary N) is 1. The van der Waals surface area contributed by atoms with Gasteiger partial charge < -0.3 is 10.1 Å². The Morgan fingerprint density at radius 3 is 2.75 bits per heavy atom. The summed E-state index contributed by atoms with van der Waals surface area (Å²) in [7, 11) is 0. The van der Waals surface area contributed by atoms with Crippen LogP contribution in [0.5, 0.6) is 5.75 Å². The van der Waals surface area contributed by atoms with Crippen LogP contribution < -0.4 is 10.1 Å². The van der Waals surface area contributed by atoms with Gasteiger partial charge >= 0.3 is 0 Å². The maximum absolute atomic E-state index is 13.8. The quantitative estimate of drug-likeness (QED) is 0.619. The number of ether oxygens (including phenoxy) is 1. The second-order valence-corrected chi connectivity index (χ2v) is 7.18. The second kappa shape index (κ2) is 9.31. The summed E-state index contributed by atoms with van der Waals surface area (Å²) in [6, 6.07) is 13.7. The first kappa shape index (κ1) is 19.8. The average molecular weight is 416 g/mol. The van der Waals surface area contributed by atoms with Crippen LogP contribution in [0.2, 0.25) is 5.02 Å². The van der Waals surface area contributed by atoms with Crippen molar-refractivity contribution >= 4 is 28.8 Å². The molecule has 0 bridgehead atoms. The predicted molar refractivity (Wildman–Crippen MR) is 104 cm³/mol. The van der Waals surface area contributed by atoms with Crippen LogP contribution in [-0.2, 0) is 17.8 Å². The Hall–Kier alpha value is -2.95. The summed E-state index contributed by atoms with van der Waals surface area (Å²) < 4.78 is 19.4. The lowest BCUT2D eigenvalue weighted by Crippen LogP contribution is -2.29. The van der Waals surface area contributed by atoms with Crippen LogP contribution in [0.1, 0.15) is 22.3 Å². The molecule has 0 radical (unpaired) electrons. The summed E-state index contributed by atoms with van der Waals surface area (Å²) in [4.78, 5) is 16.6. The summed E-state index contributed by atoms with van der Waals surface area (Å²) in [5.74, 6) is -0.282. The Balaban J connectivity index is 1.55. The number of carbonyl (C=O) groups is 1. The van der Waals surface area contributed by atoms with Gasteiger partial charge in [0.05, 0.1) is 18.2 Å². The van der Waals surface area contributed by atoms with E-state index in [-0.39, 0.29) is 18.6 Å². The zero-order valence-electron chi connectivity index (χ0n) is 14.6. The van der Waals surface area contributed by atoms with E-state index in [1.807, 2.05) is 6.07 Å². The third-order valence-electron chi connectivity index (χ3n) is 3.77. The minimum Gasteiger partial charge on any atom is -0.486 e. The van der Waals surface area contributed by atoms with Crippen LogP contribution in [0, 0.1) is 17.1 Å². The third-order valence-corrected chi connectivity index (χ3v) is 4.89. The molecule has 3 aromatic rings. The SMILES string of the molecule is N#CC(NC(=O)Cc1csc(COc2ccc(Cl)cc2)n1)c1ccccc1F. The molecular formula is C20H15ClFN3O2S. The lowest BCUT2D eigenvalue weighted by molar-refractivity contribution is -0.120. The highest BCUT2D eigenvalue weighted by Gasteiger charge is 2.18. The molecule has 1 atom stereocenters. The maximum Gasteiger partial charge on any atom is 0.227 e. The first-order valence-corrected chi connectivity index (χ1v) is 9.56. The molecule has 2 aromatic carbocycles. The van der Waals surface area contributed by atoms with Gasteiger partial charge in [-0.2, -0.15) is 5.26 Å². The fraction of sp³-hybridized carbons (Fsp3) is 0.150. The molecule has 0 aliphatic heterocycles. The normalized spacial score (nSPS) is 11.5. The smallest absolute Gasteiger partial charge is 0.227 e. The molecule has 0 fully saturated rings. The van der Waals surface area contributed by atoms with Gasteiger partial charge in [0.25, 0.3) is 0 Å². The van der Waals surface area contributed by atoms with Crippen LogP contribution in [0.15, 0.2) is 53.9 Å². The predicted octanol–water partition coefficient (Wildman–Crippen LogP) is 4.44. The zero-order chi connectivity index (χ0) is 19.9. The average Bonchev–Trinajstić information content (AvgIpc) is 3.13. The molecule has 1 aromatic heterocycles. The first-order valence-electron chi connectivity index (χ1n) is 8.30. The van der Waals surface area contributed by atoms with Crippen molar-refractivity contribution in [2.24, 2.45) is 0 Å². The number of aromatic nitrogens is 1. The van der Waals surface area contributed by atoms with Crippen molar-refractivity contribution in [1.29, 1.82) is 5.26 Å². The van der Waals surface area contributed by atoms with Crippen molar-refractivity contribution in [3.63, 3.8) is 0 Å². The number of hydrogen-bond donors (Lipinski definition) is 1. The van der Waals surface area contributed by atoms with Crippen molar-refractivity contribution in [3.05, 3.63) is 81.0 Å². The second-order valence-electron chi connectivity index (χ2n) is 5.80. The molecule has 3 rings (SSSR count). The molecule has 0 aliphatic rings. The van der Waals surface area contributed by atoms with E-state index in [0.29, 0.717) is 21.5 Å². The van der Waals surface area contributed by atoms with Crippen LogP contribution in [-0.4, -0.2) is 10.9 Å². The molecule has 1 amide bonds. The van der Waals surface area contributed by atoms with Crippen molar-refractivity contribution in [3.8, 4) is 11.8 Å². The maximum atomic E-state index is 13.8.